The first-order valence-corrected chi connectivity index (χ1v) is 10.3. The van der Waals surface area contributed by atoms with E-state index in [4.69, 9.17) is 9.47 Å². The number of benzene rings is 2. The van der Waals surface area contributed by atoms with Crippen molar-refractivity contribution >= 4 is 15.7 Å². The lowest BCUT2D eigenvalue weighted by Crippen LogP contribution is -2.63. The summed E-state index contributed by atoms with van der Waals surface area (Å²) in [6.45, 7) is 3.65. The van der Waals surface area contributed by atoms with Gasteiger partial charge in [0.05, 0.1) is 12.0 Å². The topological polar surface area (TPSA) is 81.7 Å². The summed E-state index contributed by atoms with van der Waals surface area (Å²) < 4.78 is 37.9. The van der Waals surface area contributed by atoms with Crippen LogP contribution < -0.4 is 14.8 Å². The molecule has 2 aliphatic rings. The van der Waals surface area contributed by atoms with Gasteiger partial charge >= 0.3 is 0 Å². The summed E-state index contributed by atoms with van der Waals surface area (Å²) in [5.74, 6) is 0.105. The van der Waals surface area contributed by atoms with Crippen LogP contribution in [0.1, 0.15) is 30.4 Å². The molecule has 2 heterocycles. The molecule has 3 atom stereocenters. The molecule has 1 amide bonds. The van der Waals surface area contributed by atoms with E-state index in [2.05, 4.69) is 5.32 Å². The maximum atomic E-state index is 13.3. The molecule has 1 N–H and O–H groups in total. The number of fused-ring (bicyclic) bond motifs is 4. The van der Waals surface area contributed by atoms with Gasteiger partial charge in [-0.2, -0.15) is 0 Å². The van der Waals surface area contributed by atoms with Crippen molar-refractivity contribution in [3.63, 3.8) is 0 Å². The van der Waals surface area contributed by atoms with E-state index in [0.717, 1.165) is 5.56 Å². The molecule has 27 heavy (non-hydrogen) atoms. The molecule has 0 unspecified atom stereocenters. The highest BCUT2D eigenvalue weighted by Gasteiger charge is 2.54. The van der Waals surface area contributed by atoms with Gasteiger partial charge in [0.25, 0.3) is 0 Å². The van der Waals surface area contributed by atoms with E-state index < -0.39 is 32.6 Å². The third-order valence-corrected chi connectivity index (χ3v) is 7.40. The Morgan fingerprint density at radius 1 is 1.19 bits per heavy atom. The van der Waals surface area contributed by atoms with Crippen molar-refractivity contribution < 1.29 is 22.7 Å². The minimum absolute atomic E-state index is 0.146. The number of carbonyl (C=O) groups is 1. The minimum atomic E-state index is -3.88. The zero-order chi connectivity index (χ0) is 19.4. The summed E-state index contributed by atoms with van der Waals surface area (Å²) in [7, 11) is -2.33. The summed E-state index contributed by atoms with van der Waals surface area (Å²) >= 11 is 0. The summed E-state index contributed by atoms with van der Waals surface area (Å²) in [6, 6.07) is 11.8. The molecule has 0 aliphatic carbocycles. The van der Waals surface area contributed by atoms with Gasteiger partial charge in [0, 0.05) is 17.9 Å². The number of hydrogen-bond acceptors (Lipinski definition) is 5. The van der Waals surface area contributed by atoms with Gasteiger partial charge in [-0.05, 0) is 44.2 Å². The molecule has 142 valence electrons. The first kappa shape index (κ1) is 17.9. The van der Waals surface area contributed by atoms with Gasteiger partial charge in [-0.3, -0.25) is 4.79 Å². The zero-order valence-corrected chi connectivity index (χ0v) is 16.2. The quantitative estimate of drug-likeness (QED) is 0.875. The largest absolute Gasteiger partial charge is 0.497 e. The highest BCUT2D eigenvalue weighted by molar-refractivity contribution is 7.92. The van der Waals surface area contributed by atoms with E-state index in [9.17, 15) is 13.2 Å². The van der Waals surface area contributed by atoms with Gasteiger partial charge < -0.3 is 14.8 Å². The molecule has 2 aromatic rings. The number of nitrogens with one attached hydrogen (secondary N) is 1. The van der Waals surface area contributed by atoms with Crippen LogP contribution in [0.4, 0.5) is 0 Å². The lowest BCUT2D eigenvalue weighted by Gasteiger charge is -2.46. The van der Waals surface area contributed by atoms with Crippen LogP contribution in [-0.2, 0) is 14.6 Å². The SMILES string of the molecule is COc1ccc2c(c1)[C@H]1C[C@@](C)(NC(=O)[C@H]1S(=O)(=O)c1ccc(C)cc1)O2. The van der Waals surface area contributed by atoms with Crippen LogP contribution in [0.25, 0.3) is 0 Å². The minimum Gasteiger partial charge on any atom is -0.497 e. The second-order valence-electron chi connectivity index (χ2n) is 7.32. The van der Waals surface area contributed by atoms with Gasteiger partial charge in [-0.1, -0.05) is 17.7 Å². The molecule has 0 spiro atoms. The number of sulfone groups is 1. The van der Waals surface area contributed by atoms with Crippen LogP contribution in [0.2, 0.25) is 0 Å². The first-order valence-electron chi connectivity index (χ1n) is 8.73. The second-order valence-corrected chi connectivity index (χ2v) is 9.38. The number of rotatable bonds is 3. The maximum absolute atomic E-state index is 13.3. The molecule has 4 rings (SSSR count). The Kier molecular flexibility index (Phi) is 3.96. The highest BCUT2D eigenvalue weighted by Crippen LogP contribution is 2.48. The Balaban J connectivity index is 1.86. The summed E-state index contributed by atoms with van der Waals surface area (Å²) in [5.41, 5.74) is 0.709. The predicted octanol–water partition coefficient (Wildman–Crippen LogP) is 2.56. The normalized spacial score (nSPS) is 26.6. The van der Waals surface area contributed by atoms with Crippen molar-refractivity contribution in [2.45, 2.75) is 42.1 Å². The van der Waals surface area contributed by atoms with Crippen molar-refractivity contribution in [2.75, 3.05) is 7.11 Å². The molecule has 0 radical (unpaired) electrons. The van der Waals surface area contributed by atoms with E-state index in [1.165, 1.54) is 0 Å². The molecule has 7 heteroatoms. The molecule has 2 bridgehead atoms. The highest BCUT2D eigenvalue weighted by atomic mass is 32.2. The van der Waals surface area contributed by atoms with E-state index in [1.807, 2.05) is 6.92 Å². The van der Waals surface area contributed by atoms with Gasteiger partial charge in [0.2, 0.25) is 5.91 Å². The lowest BCUT2D eigenvalue weighted by atomic mass is 9.81. The number of aryl methyl sites for hydroxylation is 1. The Bertz CT molecular complexity index is 1020. The fourth-order valence-electron chi connectivity index (χ4n) is 3.94. The molecular weight excluding hydrogens is 366 g/mol. The number of carbonyl (C=O) groups excluding carboxylic acids is 1. The Morgan fingerprint density at radius 3 is 2.56 bits per heavy atom. The third kappa shape index (κ3) is 2.86. The number of methoxy groups -OCH3 is 1. The van der Waals surface area contributed by atoms with Gasteiger partial charge in [-0.25, -0.2) is 8.42 Å². The van der Waals surface area contributed by atoms with Crippen molar-refractivity contribution in [2.24, 2.45) is 0 Å². The number of amides is 1. The Hall–Kier alpha value is -2.54. The van der Waals surface area contributed by atoms with Gasteiger partial charge in [-0.15, -0.1) is 0 Å². The van der Waals surface area contributed by atoms with Crippen LogP contribution >= 0.6 is 0 Å². The molecule has 2 aliphatic heterocycles. The Morgan fingerprint density at radius 2 is 1.89 bits per heavy atom. The summed E-state index contributed by atoms with van der Waals surface area (Å²) in [5, 5.41) is 1.54. The standard InChI is InChI=1S/C20H21NO5S/c1-12-4-7-14(8-5-12)27(23,24)18-16-11-20(2,21-19(18)22)26-17-9-6-13(25-3)10-15(16)17/h4-10,16,18H,11H2,1-3H3,(H,21,22)/t16-,18+,20+/m1/s1. The van der Waals surface area contributed by atoms with Crippen molar-refractivity contribution in [1.82, 2.24) is 5.32 Å². The summed E-state index contributed by atoms with van der Waals surface area (Å²) in [6.07, 6.45) is 0.370. The Labute approximate surface area is 158 Å². The second kappa shape index (κ2) is 5.99. The van der Waals surface area contributed by atoms with Crippen LogP contribution in [-0.4, -0.2) is 32.4 Å². The van der Waals surface area contributed by atoms with Crippen LogP contribution in [0.3, 0.4) is 0 Å². The van der Waals surface area contributed by atoms with Crippen LogP contribution in [0, 0.1) is 6.92 Å². The maximum Gasteiger partial charge on any atom is 0.242 e. The van der Waals surface area contributed by atoms with Gasteiger partial charge in [0.1, 0.15) is 11.5 Å². The third-order valence-electron chi connectivity index (χ3n) is 5.26. The van der Waals surface area contributed by atoms with E-state index in [1.54, 1.807) is 56.5 Å². The smallest absolute Gasteiger partial charge is 0.242 e. The van der Waals surface area contributed by atoms with Crippen molar-refractivity contribution in [1.29, 1.82) is 0 Å². The zero-order valence-electron chi connectivity index (χ0n) is 15.4. The van der Waals surface area contributed by atoms with Crippen molar-refractivity contribution in [3.05, 3.63) is 53.6 Å². The van der Waals surface area contributed by atoms with Crippen LogP contribution in [0.5, 0.6) is 11.5 Å². The molecule has 0 aromatic heterocycles. The monoisotopic (exact) mass is 387 g/mol. The van der Waals surface area contributed by atoms with E-state index in [0.29, 0.717) is 23.5 Å². The van der Waals surface area contributed by atoms with Crippen molar-refractivity contribution in [3.8, 4) is 11.5 Å². The summed E-state index contributed by atoms with van der Waals surface area (Å²) in [4.78, 5) is 13.0. The predicted molar refractivity (Wildman–Crippen MR) is 99.7 cm³/mol. The fraction of sp³-hybridized carbons (Fsp3) is 0.350. The number of piperidine rings is 1. The van der Waals surface area contributed by atoms with E-state index >= 15 is 0 Å². The molecule has 2 aromatic carbocycles. The number of ether oxygens (including phenoxy) is 2. The fourth-order valence-corrected chi connectivity index (χ4v) is 5.77. The first-order chi connectivity index (χ1) is 12.7. The average molecular weight is 387 g/mol. The number of hydrogen-bond donors (Lipinski definition) is 1. The van der Waals surface area contributed by atoms with Gasteiger partial charge in [0.15, 0.2) is 20.8 Å². The molecular formula is C20H21NO5S. The molecule has 6 nitrogen and oxygen atoms in total. The van der Waals surface area contributed by atoms with E-state index in [-0.39, 0.29) is 4.90 Å². The van der Waals surface area contributed by atoms with Crippen LogP contribution in [0.15, 0.2) is 47.4 Å². The molecule has 0 saturated carbocycles. The molecule has 1 saturated heterocycles. The molecule has 1 fully saturated rings. The lowest BCUT2D eigenvalue weighted by molar-refractivity contribution is -0.132. The average Bonchev–Trinajstić information content (AvgIpc) is 2.60.